The lowest BCUT2D eigenvalue weighted by Gasteiger charge is -2.17. The van der Waals surface area contributed by atoms with Crippen LogP contribution in [0.15, 0.2) is 30.3 Å². The van der Waals surface area contributed by atoms with E-state index >= 15 is 0 Å². The quantitative estimate of drug-likeness (QED) is 0.276. The molecule has 0 aliphatic carbocycles. The Labute approximate surface area is 129 Å². The van der Waals surface area contributed by atoms with Gasteiger partial charge in [-0.05, 0) is 12.0 Å². The van der Waals surface area contributed by atoms with Crippen molar-refractivity contribution >= 4 is 29.6 Å². The van der Waals surface area contributed by atoms with Gasteiger partial charge >= 0.3 is 0 Å². The molecule has 3 heteroatoms. The van der Waals surface area contributed by atoms with Crippen LogP contribution in [0.25, 0.3) is 0 Å². The third-order valence-electron chi connectivity index (χ3n) is 3.65. The first kappa shape index (κ1) is 17.1. The second kappa shape index (κ2) is 10.8. The number of hydrogen-bond acceptors (Lipinski definition) is 0. The third-order valence-corrected chi connectivity index (χ3v) is 6.80. The van der Waals surface area contributed by atoms with Crippen molar-refractivity contribution in [2.45, 2.75) is 63.8 Å². The zero-order chi connectivity index (χ0) is 13.9. The molecule has 19 heavy (non-hydrogen) atoms. The van der Waals surface area contributed by atoms with Crippen LogP contribution in [-0.4, -0.2) is 7.42 Å². The second-order valence-corrected chi connectivity index (χ2v) is 10.2. The molecule has 0 amide bonds. The molecule has 1 rings (SSSR count). The fourth-order valence-electron chi connectivity index (χ4n) is 2.46. The Morgan fingerprint density at radius 2 is 1.47 bits per heavy atom. The van der Waals surface area contributed by atoms with Crippen LogP contribution in [-0.2, 0) is 0 Å². The van der Waals surface area contributed by atoms with Gasteiger partial charge in [0.2, 0.25) is 7.42 Å². The van der Waals surface area contributed by atoms with Crippen molar-refractivity contribution in [3.8, 4) is 0 Å². The van der Waals surface area contributed by atoms with Gasteiger partial charge in [-0.25, -0.2) is 0 Å². The van der Waals surface area contributed by atoms with Gasteiger partial charge in [-0.3, -0.25) is 0 Å². The van der Waals surface area contributed by atoms with Gasteiger partial charge in [-0.15, -0.1) is 22.2 Å². The summed E-state index contributed by atoms with van der Waals surface area (Å²) in [6.07, 6.45) is 10.6. The SMILES string of the molecule is CCCCCCCCCC(c1ccccc1)[SiH](Cl)Cl. The van der Waals surface area contributed by atoms with E-state index in [1.807, 2.05) is 6.07 Å². The zero-order valence-electron chi connectivity index (χ0n) is 12.0. The topological polar surface area (TPSA) is 0 Å². The van der Waals surface area contributed by atoms with E-state index in [2.05, 4.69) is 31.2 Å². The number of rotatable bonds is 10. The summed E-state index contributed by atoms with van der Waals surface area (Å²) in [5.74, 6) is 0. The molecule has 1 unspecified atom stereocenters. The molecule has 0 aliphatic heterocycles. The number of benzene rings is 1. The molecule has 0 aromatic heterocycles. The predicted octanol–water partition coefficient (Wildman–Crippen LogP) is 6.15. The van der Waals surface area contributed by atoms with Crippen LogP contribution in [0.2, 0.25) is 0 Å². The largest absolute Gasteiger partial charge is 0.244 e. The van der Waals surface area contributed by atoms with Crippen LogP contribution in [0.4, 0.5) is 0 Å². The summed E-state index contributed by atoms with van der Waals surface area (Å²) in [6.45, 7) is 2.26. The van der Waals surface area contributed by atoms with Gasteiger partial charge < -0.3 is 0 Å². The average Bonchev–Trinajstić information content (AvgIpc) is 2.42. The highest BCUT2D eigenvalue weighted by Gasteiger charge is 2.20. The molecule has 0 N–H and O–H groups in total. The monoisotopic (exact) mass is 316 g/mol. The number of hydrogen-bond donors (Lipinski definition) is 0. The van der Waals surface area contributed by atoms with Crippen molar-refractivity contribution in [2.24, 2.45) is 0 Å². The van der Waals surface area contributed by atoms with Crippen LogP contribution in [0, 0.1) is 0 Å². The van der Waals surface area contributed by atoms with Gasteiger partial charge in [0.05, 0.1) is 0 Å². The average molecular weight is 317 g/mol. The van der Waals surface area contributed by atoms with Gasteiger partial charge in [-0.2, -0.15) is 0 Å². The minimum atomic E-state index is -1.64. The smallest absolute Gasteiger partial charge is 0.150 e. The summed E-state index contributed by atoms with van der Waals surface area (Å²) in [5, 5.41) is 0. The number of unbranched alkanes of at least 4 members (excludes halogenated alkanes) is 6. The van der Waals surface area contributed by atoms with Crippen molar-refractivity contribution in [2.75, 3.05) is 0 Å². The molecule has 1 aromatic rings. The Morgan fingerprint density at radius 1 is 0.895 bits per heavy atom. The molecular weight excluding hydrogens is 291 g/mol. The Morgan fingerprint density at radius 3 is 2.05 bits per heavy atom. The summed E-state index contributed by atoms with van der Waals surface area (Å²) in [6, 6.07) is 10.5. The van der Waals surface area contributed by atoms with Gasteiger partial charge in [0.25, 0.3) is 0 Å². The maximum absolute atomic E-state index is 6.26. The molecule has 0 saturated heterocycles. The summed E-state index contributed by atoms with van der Waals surface area (Å²) in [5.41, 5.74) is 1.75. The van der Waals surface area contributed by atoms with E-state index in [0.717, 1.165) is 6.42 Å². The van der Waals surface area contributed by atoms with E-state index in [4.69, 9.17) is 22.2 Å². The highest BCUT2D eigenvalue weighted by molar-refractivity contribution is 7.34. The van der Waals surface area contributed by atoms with Crippen LogP contribution in [0.1, 0.15) is 69.4 Å². The van der Waals surface area contributed by atoms with E-state index < -0.39 is 7.42 Å². The maximum Gasteiger partial charge on any atom is 0.244 e. The standard InChI is InChI=1S/C16H26Cl2Si/c1-2-3-4-5-6-7-11-14-16(19(17)18)15-12-9-8-10-13-15/h8-10,12-13,16,19H,2-7,11,14H2,1H3. The van der Waals surface area contributed by atoms with E-state index in [1.54, 1.807) is 0 Å². The molecule has 108 valence electrons. The highest BCUT2D eigenvalue weighted by atomic mass is 35.7. The van der Waals surface area contributed by atoms with Crippen molar-refractivity contribution < 1.29 is 0 Å². The summed E-state index contributed by atoms with van der Waals surface area (Å²) in [4.78, 5) is 0. The lowest BCUT2D eigenvalue weighted by atomic mass is 10.0. The molecule has 0 radical (unpaired) electrons. The molecule has 0 nitrogen and oxygen atoms in total. The van der Waals surface area contributed by atoms with E-state index in [-0.39, 0.29) is 0 Å². The summed E-state index contributed by atoms with van der Waals surface area (Å²) >= 11 is 12.5. The zero-order valence-corrected chi connectivity index (χ0v) is 14.6. The molecule has 0 saturated carbocycles. The molecule has 0 fully saturated rings. The number of halogens is 2. The first-order valence-electron chi connectivity index (χ1n) is 7.58. The van der Waals surface area contributed by atoms with Crippen molar-refractivity contribution in [3.05, 3.63) is 35.9 Å². The lowest BCUT2D eigenvalue weighted by Crippen LogP contribution is -2.11. The maximum atomic E-state index is 6.26. The van der Waals surface area contributed by atoms with Crippen LogP contribution < -0.4 is 0 Å². The lowest BCUT2D eigenvalue weighted by molar-refractivity contribution is 0.571. The minimum absolute atomic E-state index is 0.417. The van der Waals surface area contributed by atoms with Gasteiger partial charge in [0.1, 0.15) is 0 Å². The van der Waals surface area contributed by atoms with Crippen molar-refractivity contribution in [1.82, 2.24) is 0 Å². The fraction of sp³-hybridized carbons (Fsp3) is 0.625. The first-order valence-corrected chi connectivity index (χ1v) is 11.7. The Balaban J connectivity index is 2.24. The van der Waals surface area contributed by atoms with Crippen molar-refractivity contribution in [3.63, 3.8) is 0 Å². The first-order chi connectivity index (χ1) is 9.25. The molecule has 1 atom stereocenters. The molecule has 0 aliphatic rings. The predicted molar refractivity (Wildman–Crippen MR) is 90.6 cm³/mol. The van der Waals surface area contributed by atoms with Gasteiger partial charge in [0.15, 0.2) is 0 Å². The summed E-state index contributed by atoms with van der Waals surface area (Å²) < 4.78 is 0. The van der Waals surface area contributed by atoms with Gasteiger partial charge in [0, 0.05) is 5.54 Å². The third kappa shape index (κ3) is 7.39. The molecule has 1 aromatic carbocycles. The Bertz CT molecular complexity index is 314. The Kier molecular flexibility index (Phi) is 9.67. The van der Waals surface area contributed by atoms with Crippen LogP contribution in [0.3, 0.4) is 0 Å². The second-order valence-electron chi connectivity index (χ2n) is 5.26. The van der Waals surface area contributed by atoms with Crippen molar-refractivity contribution in [1.29, 1.82) is 0 Å². The van der Waals surface area contributed by atoms with Crippen LogP contribution >= 0.6 is 22.2 Å². The van der Waals surface area contributed by atoms with E-state index in [9.17, 15) is 0 Å². The van der Waals surface area contributed by atoms with E-state index in [1.165, 1.54) is 50.5 Å². The highest BCUT2D eigenvalue weighted by Crippen LogP contribution is 2.29. The molecule has 0 spiro atoms. The minimum Gasteiger partial charge on any atom is -0.150 e. The van der Waals surface area contributed by atoms with E-state index in [0.29, 0.717) is 5.54 Å². The molecular formula is C16H26Cl2Si. The molecule has 0 heterocycles. The Hall–Kier alpha value is 0.0169. The normalized spacial score (nSPS) is 12.8. The summed E-state index contributed by atoms with van der Waals surface area (Å²) in [7, 11) is -1.64. The van der Waals surface area contributed by atoms with Crippen LogP contribution in [0.5, 0.6) is 0 Å². The fourth-order valence-corrected chi connectivity index (χ4v) is 5.09. The molecule has 0 bridgehead atoms. The van der Waals surface area contributed by atoms with Gasteiger partial charge in [-0.1, -0.05) is 82.2 Å².